The predicted octanol–water partition coefficient (Wildman–Crippen LogP) is 2.08. The van der Waals surface area contributed by atoms with Crippen LogP contribution in [0.15, 0.2) is 12.1 Å². The number of benzene rings is 1. The Morgan fingerprint density at radius 3 is 2.43 bits per heavy atom. The Morgan fingerprint density at radius 1 is 1.29 bits per heavy atom. The molecule has 2 nitrogen and oxygen atoms in total. The van der Waals surface area contributed by atoms with Gasteiger partial charge in [-0.25, -0.2) is 0 Å². The first kappa shape index (κ1) is 9.53. The second-order valence-corrected chi connectivity index (χ2v) is 4.46. The lowest BCUT2D eigenvalue weighted by atomic mass is 10.0. The van der Waals surface area contributed by atoms with E-state index in [4.69, 9.17) is 0 Å². The highest BCUT2D eigenvalue weighted by Gasteiger charge is 2.40. The molecule has 1 aromatic carbocycles. The molecule has 14 heavy (non-hydrogen) atoms. The summed E-state index contributed by atoms with van der Waals surface area (Å²) in [4.78, 5) is 0. The highest BCUT2D eigenvalue weighted by molar-refractivity contribution is 5.42. The average molecular weight is 192 g/mol. The van der Waals surface area contributed by atoms with Crippen LogP contribution >= 0.6 is 0 Å². The van der Waals surface area contributed by atoms with Crippen LogP contribution in [0.25, 0.3) is 0 Å². The third kappa shape index (κ3) is 1.75. The average Bonchev–Trinajstić information content (AvgIpc) is 2.79. The van der Waals surface area contributed by atoms with Crippen LogP contribution in [0.4, 0.5) is 0 Å². The number of hydrogen-bond acceptors (Lipinski definition) is 2. The normalized spacial score (nSPS) is 18.2. The largest absolute Gasteiger partial charge is 0.508 e. The summed E-state index contributed by atoms with van der Waals surface area (Å²) in [6, 6.07) is 3.81. The van der Waals surface area contributed by atoms with E-state index in [1.807, 2.05) is 19.9 Å². The van der Waals surface area contributed by atoms with E-state index in [0.29, 0.717) is 12.2 Å². The summed E-state index contributed by atoms with van der Waals surface area (Å²) in [5.74, 6) is 0.337. The molecule has 1 aromatic rings. The molecule has 2 N–H and O–H groups in total. The minimum Gasteiger partial charge on any atom is -0.508 e. The van der Waals surface area contributed by atoms with Gasteiger partial charge >= 0.3 is 0 Å². The van der Waals surface area contributed by atoms with E-state index in [0.717, 1.165) is 29.5 Å². The van der Waals surface area contributed by atoms with Crippen molar-refractivity contribution in [2.24, 2.45) is 0 Å². The maximum atomic E-state index is 9.75. The van der Waals surface area contributed by atoms with Gasteiger partial charge in [0.25, 0.3) is 0 Å². The monoisotopic (exact) mass is 192 g/mol. The first-order chi connectivity index (χ1) is 6.50. The first-order valence-corrected chi connectivity index (χ1v) is 5.02. The molecule has 76 valence electrons. The Morgan fingerprint density at radius 2 is 1.93 bits per heavy atom. The van der Waals surface area contributed by atoms with Crippen molar-refractivity contribution in [1.29, 1.82) is 0 Å². The van der Waals surface area contributed by atoms with Crippen molar-refractivity contribution in [3.8, 4) is 5.75 Å². The van der Waals surface area contributed by atoms with Gasteiger partial charge in [-0.15, -0.1) is 0 Å². The van der Waals surface area contributed by atoms with E-state index in [2.05, 4.69) is 0 Å². The van der Waals surface area contributed by atoms with E-state index in [-0.39, 0.29) is 0 Å². The maximum absolute atomic E-state index is 9.75. The van der Waals surface area contributed by atoms with Crippen molar-refractivity contribution in [3.63, 3.8) is 0 Å². The van der Waals surface area contributed by atoms with E-state index < -0.39 is 5.60 Å². The Labute approximate surface area is 84.2 Å². The van der Waals surface area contributed by atoms with Gasteiger partial charge in [0.1, 0.15) is 5.75 Å². The second-order valence-electron chi connectivity index (χ2n) is 4.46. The Bertz CT molecular complexity index is 342. The van der Waals surface area contributed by atoms with Crippen LogP contribution in [0.3, 0.4) is 0 Å². The minimum atomic E-state index is -0.478. The SMILES string of the molecule is Cc1cc(CC2(O)CC2)cc(O)c1C. The molecular formula is C12H16O2. The van der Waals surface area contributed by atoms with E-state index in [1.54, 1.807) is 6.07 Å². The molecule has 0 spiro atoms. The van der Waals surface area contributed by atoms with Gasteiger partial charge in [-0.3, -0.25) is 0 Å². The lowest BCUT2D eigenvalue weighted by molar-refractivity contribution is 0.151. The molecule has 1 saturated carbocycles. The van der Waals surface area contributed by atoms with Crippen LogP contribution in [-0.4, -0.2) is 15.8 Å². The van der Waals surface area contributed by atoms with E-state index >= 15 is 0 Å². The topological polar surface area (TPSA) is 40.5 Å². The zero-order valence-electron chi connectivity index (χ0n) is 8.67. The van der Waals surface area contributed by atoms with Crippen LogP contribution in [0, 0.1) is 13.8 Å². The number of phenols is 1. The predicted molar refractivity (Wildman–Crippen MR) is 55.5 cm³/mol. The number of rotatable bonds is 2. The van der Waals surface area contributed by atoms with Gasteiger partial charge in [0.05, 0.1) is 5.60 Å². The zero-order chi connectivity index (χ0) is 10.3. The lowest BCUT2D eigenvalue weighted by Gasteiger charge is -2.11. The van der Waals surface area contributed by atoms with Crippen molar-refractivity contribution in [3.05, 3.63) is 28.8 Å². The van der Waals surface area contributed by atoms with Gasteiger partial charge in [-0.1, -0.05) is 6.07 Å². The van der Waals surface area contributed by atoms with Gasteiger partial charge < -0.3 is 10.2 Å². The standard InChI is InChI=1S/C12H16O2/c1-8-5-10(6-11(13)9(8)2)7-12(14)3-4-12/h5-6,13-14H,3-4,7H2,1-2H3. The number of hydrogen-bond donors (Lipinski definition) is 2. The maximum Gasteiger partial charge on any atom is 0.119 e. The fourth-order valence-corrected chi connectivity index (χ4v) is 1.72. The van der Waals surface area contributed by atoms with Gasteiger partial charge in [-0.2, -0.15) is 0 Å². The second kappa shape index (κ2) is 2.99. The Kier molecular flexibility index (Phi) is 2.04. The highest BCUT2D eigenvalue weighted by atomic mass is 16.3. The number of aromatic hydroxyl groups is 1. The Balaban J connectivity index is 2.26. The fraction of sp³-hybridized carbons (Fsp3) is 0.500. The Hall–Kier alpha value is -1.02. The molecule has 0 heterocycles. The summed E-state index contributed by atoms with van der Waals surface area (Å²) in [6.45, 7) is 3.88. The summed E-state index contributed by atoms with van der Waals surface area (Å²) < 4.78 is 0. The molecule has 0 atom stereocenters. The van der Waals surface area contributed by atoms with Crippen LogP contribution in [-0.2, 0) is 6.42 Å². The molecule has 0 aliphatic heterocycles. The molecule has 0 radical (unpaired) electrons. The summed E-state index contributed by atoms with van der Waals surface area (Å²) in [5, 5.41) is 19.4. The van der Waals surface area contributed by atoms with E-state index in [9.17, 15) is 10.2 Å². The molecule has 0 saturated heterocycles. The summed E-state index contributed by atoms with van der Waals surface area (Å²) in [5.41, 5.74) is 2.57. The molecule has 0 amide bonds. The van der Waals surface area contributed by atoms with Crippen LogP contribution in [0.2, 0.25) is 0 Å². The van der Waals surface area contributed by atoms with Crippen molar-refractivity contribution < 1.29 is 10.2 Å². The molecule has 0 unspecified atom stereocenters. The molecule has 1 fully saturated rings. The molecular weight excluding hydrogens is 176 g/mol. The molecule has 2 rings (SSSR count). The van der Waals surface area contributed by atoms with Crippen molar-refractivity contribution in [2.45, 2.75) is 38.7 Å². The number of phenolic OH excluding ortho intramolecular Hbond substituents is 1. The molecule has 0 aromatic heterocycles. The van der Waals surface area contributed by atoms with Gasteiger partial charge in [0.2, 0.25) is 0 Å². The van der Waals surface area contributed by atoms with Crippen LogP contribution in [0.5, 0.6) is 5.75 Å². The number of aryl methyl sites for hydroxylation is 1. The van der Waals surface area contributed by atoms with Crippen LogP contribution < -0.4 is 0 Å². The lowest BCUT2D eigenvalue weighted by Crippen LogP contribution is -2.10. The summed E-state index contributed by atoms with van der Waals surface area (Å²) in [6.07, 6.45) is 2.45. The van der Waals surface area contributed by atoms with Gasteiger partial charge in [-0.05, 0) is 49.4 Å². The molecule has 1 aliphatic carbocycles. The van der Waals surface area contributed by atoms with Gasteiger partial charge in [0.15, 0.2) is 0 Å². The summed E-state index contributed by atoms with van der Waals surface area (Å²) in [7, 11) is 0. The quantitative estimate of drug-likeness (QED) is 0.753. The fourth-order valence-electron chi connectivity index (χ4n) is 1.72. The zero-order valence-corrected chi connectivity index (χ0v) is 8.67. The van der Waals surface area contributed by atoms with Crippen molar-refractivity contribution in [2.75, 3.05) is 0 Å². The molecule has 1 aliphatic rings. The first-order valence-electron chi connectivity index (χ1n) is 5.02. The van der Waals surface area contributed by atoms with E-state index in [1.165, 1.54) is 0 Å². The third-order valence-electron chi connectivity index (χ3n) is 3.06. The highest BCUT2D eigenvalue weighted by Crippen LogP contribution is 2.39. The van der Waals surface area contributed by atoms with Gasteiger partial charge in [0, 0.05) is 6.42 Å². The number of aliphatic hydroxyl groups is 1. The third-order valence-corrected chi connectivity index (χ3v) is 3.06. The van der Waals surface area contributed by atoms with Crippen molar-refractivity contribution in [1.82, 2.24) is 0 Å². The minimum absolute atomic E-state index is 0.337. The van der Waals surface area contributed by atoms with Crippen LogP contribution in [0.1, 0.15) is 29.5 Å². The summed E-state index contributed by atoms with van der Waals surface area (Å²) >= 11 is 0. The van der Waals surface area contributed by atoms with Crippen molar-refractivity contribution >= 4 is 0 Å². The molecule has 2 heteroatoms. The smallest absolute Gasteiger partial charge is 0.119 e. The molecule has 0 bridgehead atoms.